The molecule has 1 aliphatic rings. The average Bonchev–Trinajstić information content (AvgIpc) is 2.85. The summed E-state index contributed by atoms with van der Waals surface area (Å²) in [5.41, 5.74) is 1.87. The van der Waals surface area contributed by atoms with Crippen LogP contribution in [-0.4, -0.2) is 10.8 Å². The summed E-state index contributed by atoms with van der Waals surface area (Å²) in [5.74, 6) is 1.10. The third-order valence-corrected chi connectivity index (χ3v) is 3.85. The molecule has 1 saturated carbocycles. The predicted molar refractivity (Wildman–Crippen MR) is 67.6 cm³/mol. The van der Waals surface area contributed by atoms with E-state index < -0.39 is 0 Å². The molecule has 0 amide bonds. The SMILES string of the molecule is CC1CC1C(=O)c1c[nH]c2ccc(Br)cc12. The maximum Gasteiger partial charge on any atom is 0.168 e. The molecule has 2 aromatic rings. The summed E-state index contributed by atoms with van der Waals surface area (Å²) in [7, 11) is 0. The summed E-state index contributed by atoms with van der Waals surface area (Å²) >= 11 is 3.44. The number of ketones is 1. The number of rotatable bonds is 2. The van der Waals surface area contributed by atoms with Crippen LogP contribution in [0.4, 0.5) is 0 Å². The molecule has 0 bridgehead atoms. The highest BCUT2D eigenvalue weighted by Crippen LogP contribution is 2.41. The minimum atomic E-state index is 0.248. The topological polar surface area (TPSA) is 32.9 Å². The molecule has 0 spiro atoms. The monoisotopic (exact) mass is 277 g/mol. The molecule has 82 valence electrons. The summed E-state index contributed by atoms with van der Waals surface area (Å²) in [4.78, 5) is 15.3. The largest absolute Gasteiger partial charge is 0.360 e. The third kappa shape index (κ3) is 1.50. The summed E-state index contributed by atoms with van der Waals surface area (Å²) < 4.78 is 1.01. The number of halogens is 1. The Bertz CT molecular complexity index is 572. The first-order chi connectivity index (χ1) is 7.66. The summed E-state index contributed by atoms with van der Waals surface area (Å²) in [6, 6.07) is 5.98. The lowest BCUT2D eigenvalue weighted by Gasteiger charge is -1.97. The lowest BCUT2D eigenvalue weighted by atomic mass is 10.1. The lowest BCUT2D eigenvalue weighted by molar-refractivity contribution is 0.0964. The minimum absolute atomic E-state index is 0.248. The van der Waals surface area contributed by atoms with Crippen LogP contribution < -0.4 is 0 Å². The van der Waals surface area contributed by atoms with Crippen LogP contribution in [0.5, 0.6) is 0 Å². The van der Waals surface area contributed by atoms with Gasteiger partial charge in [-0.25, -0.2) is 0 Å². The van der Waals surface area contributed by atoms with E-state index in [1.165, 1.54) is 0 Å². The zero-order valence-corrected chi connectivity index (χ0v) is 10.5. The molecule has 1 aliphatic carbocycles. The Hall–Kier alpha value is -1.09. The number of fused-ring (bicyclic) bond motifs is 1. The number of carbonyl (C=O) groups is 1. The molecule has 0 saturated heterocycles. The Morgan fingerprint density at radius 3 is 2.94 bits per heavy atom. The van der Waals surface area contributed by atoms with Gasteiger partial charge in [0.1, 0.15) is 0 Å². The molecule has 16 heavy (non-hydrogen) atoms. The molecule has 2 atom stereocenters. The normalized spacial score (nSPS) is 23.6. The highest BCUT2D eigenvalue weighted by molar-refractivity contribution is 9.10. The van der Waals surface area contributed by atoms with Gasteiger partial charge in [0.25, 0.3) is 0 Å². The zero-order valence-electron chi connectivity index (χ0n) is 8.96. The number of hydrogen-bond acceptors (Lipinski definition) is 1. The molecule has 0 aliphatic heterocycles. The Balaban J connectivity index is 2.09. The number of benzene rings is 1. The van der Waals surface area contributed by atoms with Crippen molar-refractivity contribution in [3.8, 4) is 0 Å². The van der Waals surface area contributed by atoms with E-state index in [1.54, 1.807) is 0 Å². The van der Waals surface area contributed by atoms with Crippen molar-refractivity contribution < 1.29 is 4.79 Å². The van der Waals surface area contributed by atoms with E-state index in [1.807, 2.05) is 24.4 Å². The fourth-order valence-corrected chi connectivity index (χ4v) is 2.54. The van der Waals surface area contributed by atoms with Crippen molar-refractivity contribution in [3.05, 3.63) is 34.4 Å². The van der Waals surface area contributed by atoms with Gasteiger partial charge in [0.15, 0.2) is 5.78 Å². The minimum Gasteiger partial charge on any atom is -0.360 e. The van der Waals surface area contributed by atoms with E-state index in [0.29, 0.717) is 5.92 Å². The number of H-pyrrole nitrogens is 1. The Morgan fingerprint density at radius 2 is 2.25 bits per heavy atom. The Morgan fingerprint density at radius 1 is 1.50 bits per heavy atom. The number of nitrogens with one attached hydrogen (secondary N) is 1. The molecule has 1 N–H and O–H groups in total. The van der Waals surface area contributed by atoms with Crippen molar-refractivity contribution in [1.29, 1.82) is 0 Å². The molecule has 2 unspecified atom stereocenters. The molecule has 3 heteroatoms. The van der Waals surface area contributed by atoms with Crippen LogP contribution >= 0.6 is 15.9 Å². The van der Waals surface area contributed by atoms with Crippen molar-refractivity contribution in [2.24, 2.45) is 11.8 Å². The first-order valence-electron chi connectivity index (χ1n) is 5.47. The maximum atomic E-state index is 12.2. The summed E-state index contributed by atoms with van der Waals surface area (Å²) in [6.45, 7) is 2.13. The van der Waals surface area contributed by atoms with E-state index in [9.17, 15) is 4.79 Å². The molecule has 0 radical (unpaired) electrons. The van der Waals surface area contributed by atoms with Crippen molar-refractivity contribution >= 4 is 32.6 Å². The van der Waals surface area contributed by atoms with E-state index in [0.717, 1.165) is 27.4 Å². The molecule has 1 aromatic heterocycles. The van der Waals surface area contributed by atoms with Crippen molar-refractivity contribution in [2.75, 3.05) is 0 Å². The van der Waals surface area contributed by atoms with Gasteiger partial charge in [-0.3, -0.25) is 4.79 Å². The molecule has 1 fully saturated rings. The van der Waals surface area contributed by atoms with Crippen LogP contribution in [0.15, 0.2) is 28.9 Å². The van der Waals surface area contributed by atoms with Crippen LogP contribution in [0.1, 0.15) is 23.7 Å². The summed E-state index contributed by atoms with van der Waals surface area (Å²) in [6.07, 6.45) is 2.88. The van der Waals surface area contributed by atoms with Crippen molar-refractivity contribution in [1.82, 2.24) is 4.98 Å². The van der Waals surface area contributed by atoms with Crippen LogP contribution in [0.25, 0.3) is 10.9 Å². The first kappa shape index (κ1) is 10.1. The molecular weight excluding hydrogens is 266 g/mol. The molecule has 1 aromatic carbocycles. The van der Waals surface area contributed by atoms with Gasteiger partial charge in [-0.15, -0.1) is 0 Å². The maximum absolute atomic E-state index is 12.2. The van der Waals surface area contributed by atoms with Gasteiger partial charge in [0.2, 0.25) is 0 Å². The Labute approximate surface area is 102 Å². The summed E-state index contributed by atoms with van der Waals surface area (Å²) in [5, 5.41) is 1.03. The zero-order chi connectivity index (χ0) is 11.3. The van der Waals surface area contributed by atoms with Gasteiger partial charge in [-0.1, -0.05) is 22.9 Å². The Kier molecular flexibility index (Phi) is 2.18. The van der Waals surface area contributed by atoms with E-state index in [4.69, 9.17) is 0 Å². The number of aromatic amines is 1. The van der Waals surface area contributed by atoms with E-state index in [-0.39, 0.29) is 11.7 Å². The molecular formula is C13H12BrNO. The highest BCUT2D eigenvalue weighted by Gasteiger charge is 2.40. The van der Waals surface area contributed by atoms with Crippen molar-refractivity contribution in [3.63, 3.8) is 0 Å². The quantitative estimate of drug-likeness (QED) is 0.833. The molecule has 3 rings (SSSR count). The van der Waals surface area contributed by atoms with Crippen LogP contribution in [0.2, 0.25) is 0 Å². The number of Topliss-reactive ketones (excluding diaryl/α,β-unsaturated/α-hetero) is 1. The van der Waals surface area contributed by atoms with E-state index in [2.05, 4.69) is 27.8 Å². The molecule has 2 nitrogen and oxygen atoms in total. The standard InChI is InChI=1S/C13H12BrNO/c1-7-4-9(7)13(16)11-6-15-12-3-2-8(14)5-10(11)12/h2-3,5-7,9,15H,4H2,1H3. The number of hydrogen-bond donors (Lipinski definition) is 1. The highest BCUT2D eigenvalue weighted by atomic mass is 79.9. The van der Waals surface area contributed by atoms with Crippen LogP contribution in [0.3, 0.4) is 0 Å². The fraction of sp³-hybridized carbons (Fsp3) is 0.308. The second-order valence-electron chi connectivity index (χ2n) is 4.58. The smallest absolute Gasteiger partial charge is 0.168 e. The third-order valence-electron chi connectivity index (χ3n) is 3.36. The second kappa shape index (κ2) is 3.45. The average molecular weight is 278 g/mol. The number of aromatic nitrogens is 1. The van der Waals surface area contributed by atoms with Gasteiger partial charge < -0.3 is 4.98 Å². The predicted octanol–water partition coefficient (Wildman–Crippen LogP) is 3.77. The molecule has 1 heterocycles. The van der Waals surface area contributed by atoms with Crippen LogP contribution in [-0.2, 0) is 0 Å². The van der Waals surface area contributed by atoms with Gasteiger partial charge in [0, 0.05) is 33.1 Å². The lowest BCUT2D eigenvalue weighted by Crippen LogP contribution is -2.01. The van der Waals surface area contributed by atoms with Gasteiger partial charge in [0.05, 0.1) is 0 Å². The number of carbonyl (C=O) groups excluding carboxylic acids is 1. The van der Waals surface area contributed by atoms with Crippen LogP contribution in [0, 0.1) is 11.8 Å². The van der Waals surface area contributed by atoms with Gasteiger partial charge >= 0.3 is 0 Å². The van der Waals surface area contributed by atoms with Gasteiger partial charge in [-0.2, -0.15) is 0 Å². The second-order valence-corrected chi connectivity index (χ2v) is 5.49. The van der Waals surface area contributed by atoms with E-state index >= 15 is 0 Å². The first-order valence-corrected chi connectivity index (χ1v) is 6.27. The van der Waals surface area contributed by atoms with Gasteiger partial charge in [-0.05, 0) is 30.5 Å². The fourth-order valence-electron chi connectivity index (χ4n) is 2.18. The van der Waals surface area contributed by atoms with Crippen molar-refractivity contribution in [2.45, 2.75) is 13.3 Å².